The molecule has 0 spiro atoms. The lowest BCUT2D eigenvalue weighted by Gasteiger charge is -2.09. The average Bonchev–Trinajstić information content (AvgIpc) is 2.12. The predicted molar refractivity (Wildman–Crippen MR) is 50.2 cm³/mol. The van der Waals surface area contributed by atoms with E-state index in [1.807, 2.05) is 0 Å². The highest BCUT2D eigenvalue weighted by molar-refractivity contribution is 5.70. The van der Waals surface area contributed by atoms with Crippen LogP contribution in [0.1, 0.15) is 5.56 Å². The highest BCUT2D eigenvalue weighted by Crippen LogP contribution is 2.12. The molecule has 1 rings (SSSR count). The standard InChI is InChI=1S/C10H11F2NO2/c11-8-2-6(3-9(12)4-8)1-7(5-13)10(14)15/h2-4,7H,1,5,13H2,(H,14,15)/t7-/m1/s1. The van der Waals surface area contributed by atoms with Gasteiger partial charge < -0.3 is 10.8 Å². The SMILES string of the molecule is NC[C@@H](Cc1cc(F)cc(F)c1)C(=O)O. The topological polar surface area (TPSA) is 63.3 Å². The first-order valence-corrected chi connectivity index (χ1v) is 4.40. The molecule has 0 heterocycles. The summed E-state index contributed by atoms with van der Waals surface area (Å²) < 4.78 is 25.5. The Labute approximate surface area is 85.5 Å². The fourth-order valence-electron chi connectivity index (χ4n) is 1.28. The van der Waals surface area contributed by atoms with E-state index in [4.69, 9.17) is 10.8 Å². The smallest absolute Gasteiger partial charge is 0.308 e. The zero-order valence-corrected chi connectivity index (χ0v) is 7.91. The number of halogens is 2. The number of carboxylic acids is 1. The molecular weight excluding hydrogens is 204 g/mol. The van der Waals surface area contributed by atoms with Crippen molar-refractivity contribution >= 4 is 5.97 Å². The van der Waals surface area contributed by atoms with Gasteiger partial charge in [-0.1, -0.05) is 0 Å². The Kier molecular flexibility index (Phi) is 3.74. The Morgan fingerprint density at radius 3 is 2.27 bits per heavy atom. The van der Waals surface area contributed by atoms with Crippen LogP contribution < -0.4 is 5.73 Å². The van der Waals surface area contributed by atoms with Crippen molar-refractivity contribution in [2.24, 2.45) is 11.7 Å². The molecule has 0 saturated carbocycles. The van der Waals surface area contributed by atoms with Crippen LogP contribution in [0, 0.1) is 17.6 Å². The Balaban J connectivity index is 2.83. The second-order valence-electron chi connectivity index (χ2n) is 3.25. The van der Waals surface area contributed by atoms with Gasteiger partial charge in [0.1, 0.15) is 11.6 Å². The van der Waals surface area contributed by atoms with Crippen LogP contribution in [-0.4, -0.2) is 17.6 Å². The molecule has 5 heteroatoms. The van der Waals surface area contributed by atoms with Crippen LogP contribution in [0.25, 0.3) is 0 Å². The van der Waals surface area contributed by atoms with Crippen LogP contribution >= 0.6 is 0 Å². The summed E-state index contributed by atoms with van der Waals surface area (Å²) >= 11 is 0. The highest BCUT2D eigenvalue weighted by Gasteiger charge is 2.16. The van der Waals surface area contributed by atoms with Crippen molar-refractivity contribution in [2.75, 3.05) is 6.54 Å². The first-order chi connectivity index (χ1) is 7.02. The van der Waals surface area contributed by atoms with Gasteiger partial charge in [0.25, 0.3) is 0 Å². The van der Waals surface area contributed by atoms with E-state index in [0.717, 1.165) is 18.2 Å². The molecule has 1 aromatic rings. The lowest BCUT2D eigenvalue weighted by Crippen LogP contribution is -2.25. The van der Waals surface area contributed by atoms with Gasteiger partial charge in [0.2, 0.25) is 0 Å². The maximum absolute atomic E-state index is 12.8. The molecule has 0 aromatic heterocycles. The van der Waals surface area contributed by atoms with Gasteiger partial charge in [-0.2, -0.15) is 0 Å². The summed E-state index contributed by atoms with van der Waals surface area (Å²) in [6.45, 7) is -0.0620. The molecule has 0 aliphatic heterocycles. The molecule has 0 bridgehead atoms. The number of hydrogen-bond donors (Lipinski definition) is 2. The third-order valence-corrected chi connectivity index (χ3v) is 2.04. The summed E-state index contributed by atoms with van der Waals surface area (Å²) in [5.41, 5.74) is 5.53. The zero-order chi connectivity index (χ0) is 11.4. The molecular formula is C10H11F2NO2. The van der Waals surface area contributed by atoms with Gasteiger partial charge in [-0.05, 0) is 24.1 Å². The maximum Gasteiger partial charge on any atom is 0.308 e. The fourth-order valence-corrected chi connectivity index (χ4v) is 1.28. The van der Waals surface area contributed by atoms with E-state index in [1.54, 1.807) is 0 Å². The lowest BCUT2D eigenvalue weighted by atomic mass is 9.99. The van der Waals surface area contributed by atoms with Gasteiger partial charge in [-0.25, -0.2) is 8.78 Å². The van der Waals surface area contributed by atoms with E-state index in [-0.39, 0.29) is 13.0 Å². The van der Waals surface area contributed by atoms with E-state index in [0.29, 0.717) is 5.56 Å². The van der Waals surface area contributed by atoms with E-state index >= 15 is 0 Å². The van der Waals surface area contributed by atoms with E-state index in [1.165, 1.54) is 0 Å². The first kappa shape index (κ1) is 11.6. The van der Waals surface area contributed by atoms with E-state index < -0.39 is 23.5 Å². The quantitative estimate of drug-likeness (QED) is 0.792. The second-order valence-corrected chi connectivity index (χ2v) is 3.25. The highest BCUT2D eigenvalue weighted by atomic mass is 19.1. The van der Waals surface area contributed by atoms with Crippen molar-refractivity contribution in [1.82, 2.24) is 0 Å². The monoisotopic (exact) mass is 215 g/mol. The maximum atomic E-state index is 12.8. The van der Waals surface area contributed by atoms with Crippen molar-refractivity contribution in [1.29, 1.82) is 0 Å². The van der Waals surface area contributed by atoms with E-state index in [2.05, 4.69) is 0 Å². The molecule has 0 saturated heterocycles. The van der Waals surface area contributed by atoms with Crippen LogP contribution in [-0.2, 0) is 11.2 Å². The van der Waals surface area contributed by atoms with Crippen molar-refractivity contribution < 1.29 is 18.7 Å². The minimum atomic E-state index is -1.07. The molecule has 0 amide bonds. The second kappa shape index (κ2) is 4.84. The molecule has 1 aromatic carbocycles. The molecule has 15 heavy (non-hydrogen) atoms. The Morgan fingerprint density at radius 2 is 1.87 bits per heavy atom. The van der Waals surface area contributed by atoms with Crippen LogP contribution in [0.3, 0.4) is 0 Å². The van der Waals surface area contributed by atoms with Crippen molar-refractivity contribution in [2.45, 2.75) is 6.42 Å². The number of nitrogens with two attached hydrogens (primary N) is 1. The number of carboxylic acid groups (broad SMARTS) is 1. The Morgan fingerprint density at radius 1 is 1.33 bits per heavy atom. The number of rotatable bonds is 4. The molecule has 0 unspecified atom stereocenters. The lowest BCUT2D eigenvalue weighted by molar-refractivity contribution is -0.141. The van der Waals surface area contributed by atoms with Gasteiger partial charge in [0.05, 0.1) is 5.92 Å². The molecule has 0 fully saturated rings. The molecule has 3 N–H and O–H groups in total. The zero-order valence-electron chi connectivity index (χ0n) is 7.91. The van der Waals surface area contributed by atoms with Crippen LogP contribution in [0.4, 0.5) is 8.78 Å². The molecule has 0 aliphatic rings. The minimum absolute atomic E-state index is 0.0283. The Bertz CT molecular complexity index is 348. The fraction of sp³-hybridized carbons (Fsp3) is 0.300. The average molecular weight is 215 g/mol. The van der Waals surface area contributed by atoms with Gasteiger partial charge in [0.15, 0.2) is 0 Å². The molecule has 82 valence electrons. The number of benzene rings is 1. The third kappa shape index (κ3) is 3.28. The predicted octanol–water partition coefficient (Wildman–Crippen LogP) is 1.17. The van der Waals surface area contributed by atoms with Crippen LogP contribution in [0.2, 0.25) is 0 Å². The molecule has 1 atom stereocenters. The summed E-state index contributed by atoms with van der Waals surface area (Å²) in [5, 5.41) is 8.71. The number of aliphatic carboxylic acids is 1. The van der Waals surface area contributed by atoms with Gasteiger partial charge >= 0.3 is 5.97 Å². The summed E-state index contributed by atoms with van der Waals surface area (Å²) in [4.78, 5) is 10.6. The summed E-state index contributed by atoms with van der Waals surface area (Å²) in [6, 6.07) is 2.95. The van der Waals surface area contributed by atoms with Crippen molar-refractivity contribution in [3.8, 4) is 0 Å². The number of hydrogen-bond acceptors (Lipinski definition) is 2. The van der Waals surface area contributed by atoms with Gasteiger partial charge in [0, 0.05) is 12.6 Å². The van der Waals surface area contributed by atoms with E-state index in [9.17, 15) is 13.6 Å². The first-order valence-electron chi connectivity index (χ1n) is 4.40. The molecule has 0 aliphatic carbocycles. The minimum Gasteiger partial charge on any atom is -0.481 e. The largest absolute Gasteiger partial charge is 0.481 e. The van der Waals surface area contributed by atoms with Crippen LogP contribution in [0.5, 0.6) is 0 Å². The normalized spacial score (nSPS) is 12.5. The third-order valence-electron chi connectivity index (χ3n) is 2.04. The summed E-state index contributed by atoms with van der Waals surface area (Å²) in [5.74, 6) is -3.31. The Hall–Kier alpha value is -1.49. The molecule has 3 nitrogen and oxygen atoms in total. The summed E-state index contributed by atoms with van der Waals surface area (Å²) in [7, 11) is 0. The van der Waals surface area contributed by atoms with Crippen molar-refractivity contribution in [3.63, 3.8) is 0 Å². The number of carbonyl (C=O) groups is 1. The van der Waals surface area contributed by atoms with Crippen LogP contribution in [0.15, 0.2) is 18.2 Å². The molecule has 0 radical (unpaired) electrons. The van der Waals surface area contributed by atoms with Crippen molar-refractivity contribution in [3.05, 3.63) is 35.4 Å². The van der Waals surface area contributed by atoms with Gasteiger partial charge in [-0.15, -0.1) is 0 Å². The van der Waals surface area contributed by atoms with Gasteiger partial charge in [-0.3, -0.25) is 4.79 Å². The summed E-state index contributed by atoms with van der Waals surface area (Å²) in [6.07, 6.45) is 0.0283.